The Bertz CT molecular complexity index is 320. The van der Waals surface area contributed by atoms with Crippen LogP contribution in [-0.2, 0) is 0 Å². The summed E-state index contributed by atoms with van der Waals surface area (Å²) in [6, 6.07) is 7.91. The van der Waals surface area contributed by atoms with E-state index in [0.29, 0.717) is 0 Å². The van der Waals surface area contributed by atoms with Gasteiger partial charge in [-0.2, -0.15) is 0 Å². The number of benzene rings is 1. The second-order valence-corrected chi connectivity index (χ2v) is 2.23. The third kappa shape index (κ3) is 1.62. The Morgan fingerprint density at radius 3 is 2.92 bits per heavy atom. The summed E-state index contributed by atoms with van der Waals surface area (Å²) in [7, 11) is 0. The molecule has 0 aliphatic carbocycles. The Balaban J connectivity index is 0.000000720. The second-order valence-electron chi connectivity index (χ2n) is 2.23. The summed E-state index contributed by atoms with van der Waals surface area (Å²) in [5.41, 5.74) is 4.92. The van der Waals surface area contributed by atoms with Crippen LogP contribution in [0.3, 0.4) is 0 Å². The van der Waals surface area contributed by atoms with Crippen molar-refractivity contribution in [3.8, 4) is 0 Å². The van der Waals surface area contributed by atoms with Gasteiger partial charge in [-0.1, -0.05) is 23.4 Å². The summed E-state index contributed by atoms with van der Waals surface area (Å²) in [6.45, 7) is 0. The molecule has 4 heteroatoms. The topological polar surface area (TPSA) is 36.8 Å². The van der Waals surface area contributed by atoms with E-state index in [9.17, 15) is 0 Å². The minimum atomic E-state index is 0. The molecule has 0 saturated carbocycles. The van der Waals surface area contributed by atoms with Crippen LogP contribution in [0.1, 0.15) is 5.56 Å². The van der Waals surface area contributed by atoms with Crippen LogP contribution in [0, 0.1) is 0 Å². The van der Waals surface area contributed by atoms with Gasteiger partial charge < -0.3 is 0 Å². The Kier molecular flexibility index (Phi) is 2.82. The van der Waals surface area contributed by atoms with E-state index in [1.165, 1.54) is 0 Å². The normalized spacial score (nSPS) is 12.3. The number of hydrogen-bond donors (Lipinski definition) is 1. The molecule has 1 aliphatic rings. The molecule has 0 atom stereocenters. The van der Waals surface area contributed by atoms with Crippen molar-refractivity contribution in [1.29, 1.82) is 0 Å². The van der Waals surface area contributed by atoms with Crippen molar-refractivity contribution >= 4 is 24.2 Å². The van der Waals surface area contributed by atoms with Crippen LogP contribution >= 0.6 is 12.4 Å². The molecule has 0 amide bonds. The number of halogens is 1. The molecule has 62 valence electrons. The zero-order valence-corrected chi connectivity index (χ0v) is 7.08. The van der Waals surface area contributed by atoms with E-state index in [2.05, 4.69) is 15.8 Å². The van der Waals surface area contributed by atoms with Crippen molar-refractivity contribution in [1.82, 2.24) is 0 Å². The lowest BCUT2D eigenvalue weighted by Crippen LogP contribution is -1.87. The lowest BCUT2D eigenvalue weighted by Gasteiger charge is -1.99. The molecule has 1 aromatic rings. The van der Waals surface area contributed by atoms with Crippen molar-refractivity contribution < 1.29 is 0 Å². The van der Waals surface area contributed by atoms with Gasteiger partial charge in [0.05, 0.1) is 11.9 Å². The first-order chi connectivity index (χ1) is 5.47. The molecular formula is C8H8ClN3. The van der Waals surface area contributed by atoms with Crippen LogP contribution in [-0.4, -0.2) is 0 Å². The smallest absolute Gasteiger partial charge is 0.0651 e. The zero-order valence-electron chi connectivity index (χ0n) is 6.27. The Morgan fingerprint density at radius 2 is 2.00 bits per heavy atom. The predicted molar refractivity (Wildman–Crippen MR) is 51.2 cm³/mol. The average Bonchev–Trinajstić information content (AvgIpc) is 2.28. The second kappa shape index (κ2) is 3.88. The van der Waals surface area contributed by atoms with Crippen LogP contribution < -0.4 is 5.43 Å². The highest BCUT2D eigenvalue weighted by Crippen LogP contribution is 2.18. The molecule has 0 bridgehead atoms. The SMILES string of the molecule is C1=Cc2ccccc2NN=N1.Cl. The van der Waals surface area contributed by atoms with Gasteiger partial charge in [-0.15, -0.1) is 17.5 Å². The Hall–Kier alpha value is -1.35. The first-order valence-corrected chi connectivity index (χ1v) is 3.38. The van der Waals surface area contributed by atoms with E-state index in [1.807, 2.05) is 30.3 Å². The molecule has 1 aliphatic heterocycles. The van der Waals surface area contributed by atoms with E-state index in [0.717, 1.165) is 11.3 Å². The summed E-state index contributed by atoms with van der Waals surface area (Å²) in [5, 5.41) is 7.42. The maximum atomic E-state index is 3.72. The Morgan fingerprint density at radius 1 is 1.17 bits per heavy atom. The number of fused-ring (bicyclic) bond motifs is 1. The third-order valence-corrected chi connectivity index (χ3v) is 1.51. The molecule has 0 saturated heterocycles. The highest BCUT2D eigenvalue weighted by Gasteiger charge is 1.97. The summed E-state index contributed by atoms with van der Waals surface area (Å²) in [5.74, 6) is 0. The van der Waals surface area contributed by atoms with E-state index in [4.69, 9.17) is 0 Å². The standard InChI is InChI=1S/C8H7N3.ClH/c1-2-4-8-7(3-1)5-6-9-11-10-8;/h1-6H,(H,9,10);1H. The number of nitrogens with zero attached hydrogens (tertiary/aromatic N) is 2. The maximum absolute atomic E-state index is 3.72. The van der Waals surface area contributed by atoms with E-state index < -0.39 is 0 Å². The number of rotatable bonds is 0. The largest absolute Gasteiger partial charge is 0.259 e. The minimum absolute atomic E-state index is 0. The molecule has 0 aromatic heterocycles. The summed E-state index contributed by atoms with van der Waals surface area (Å²) in [4.78, 5) is 0. The maximum Gasteiger partial charge on any atom is 0.0651 e. The van der Waals surface area contributed by atoms with Crippen molar-refractivity contribution in [2.24, 2.45) is 10.3 Å². The predicted octanol–water partition coefficient (Wildman–Crippen LogP) is 2.87. The van der Waals surface area contributed by atoms with Crippen LogP contribution in [0.15, 0.2) is 40.8 Å². The fourth-order valence-electron chi connectivity index (χ4n) is 0.974. The average molecular weight is 182 g/mol. The molecule has 2 rings (SSSR count). The highest BCUT2D eigenvalue weighted by molar-refractivity contribution is 5.85. The van der Waals surface area contributed by atoms with Gasteiger partial charge in [0.2, 0.25) is 0 Å². The molecule has 1 aromatic carbocycles. The van der Waals surface area contributed by atoms with Crippen LogP contribution in [0.4, 0.5) is 5.69 Å². The van der Waals surface area contributed by atoms with Gasteiger partial charge in [0, 0.05) is 5.56 Å². The van der Waals surface area contributed by atoms with Crippen LogP contribution in [0.25, 0.3) is 6.08 Å². The van der Waals surface area contributed by atoms with Crippen LogP contribution in [0.2, 0.25) is 0 Å². The highest BCUT2D eigenvalue weighted by atomic mass is 35.5. The fraction of sp³-hybridized carbons (Fsp3) is 0. The van der Waals surface area contributed by atoms with Crippen molar-refractivity contribution in [3.63, 3.8) is 0 Å². The lowest BCUT2D eigenvalue weighted by molar-refractivity contribution is 1.14. The molecule has 0 radical (unpaired) electrons. The molecule has 1 heterocycles. The number of nitrogens with one attached hydrogen (secondary N) is 1. The monoisotopic (exact) mass is 181 g/mol. The van der Waals surface area contributed by atoms with Gasteiger partial charge in [0.1, 0.15) is 0 Å². The zero-order chi connectivity index (χ0) is 7.52. The quantitative estimate of drug-likeness (QED) is 0.657. The van der Waals surface area contributed by atoms with E-state index in [1.54, 1.807) is 6.20 Å². The van der Waals surface area contributed by atoms with E-state index >= 15 is 0 Å². The Labute approximate surface area is 76.6 Å². The molecule has 0 unspecified atom stereocenters. The van der Waals surface area contributed by atoms with Gasteiger partial charge >= 0.3 is 0 Å². The summed E-state index contributed by atoms with van der Waals surface area (Å²) in [6.07, 6.45) is 3.58. The van der Waals surface area contributed by atoms with Crippen LogP contribution in [0.5, 0.6) is 0 Å². The van der Waals surface area contributed by atoms with Gasteiger partial charge in [0.25, 0.3) is 0 Å². The molecule has 0 spiro atoms. The molecule has 3 nitrogen and oxygen atoms in total. The minimum Gasteiger partial charge on any atom is -0.259 e. The van der Waals surface area contributed by atoms with Crippen molar-refractivity contribution in [2.45, 2.75) is 0 Å². The van der Waals surface area contributed by atoms with Gasteiger partial charge in [-0.05, 0) is 12.1 Å². The van der Waals surface area contributed by atoms with Gasteiger partial charge in [0.15, 0.2) is 0 Å². The first-order valence-electron chi connectivity index (χ1n) is 3.38. The van der Waals surface area contributed by atoms with E-state index in [-0.39, 0.29) is 12.4 Å². The van der Waals surface area contributed by atoms with Gasteiger partial charge in [-0.25, -0.2) is 0 Å². The van der Waals surface area contributed by atoms with Gasteiger partial charge in [-0.3, -0.25) is 5.43 Å². The lowest BCUT2D eigenvalue weighted by atomic mass is 10.2. The molecule has 12 heavy (non-hydrogen) atoms. The van der Waals surface area contributed by atoms with Crippen molar-refractivity contribution in [3.05, 3.63) is 36.0 Å². The molecular weight excluding hydrogens is 174 g/mol. The summed E-state index contributed by atoms with van der Waals surface area (Å²) >= 11 is 0. The number of para-hydroxylation sites is 1. The fourth-order valence-corrected chi connectivity index (χ4v) is 0.974. The molecule has 1 N–H and O–H groups in total. The third-order valence-electron chi connectivity index (χ3n) is 1.51. The number of anilines is 1. The first kappa shape index (κ1) is 8.74. The number of hydrogen-bond acceptors (Lipinski definition) is 3. The van der Waals surface area contributed by atoms with Crippen molar-refractivity contribution in [2.75, 3.05) is 5.43 Å². The molecule has 0 fully saturated rings. The summed E-state index contributed by atoms with van der Waals surface area (Å²) < 4.78 is 0.